The normalized spacial score (nSPS) is 23.4. The monoisotopic (exact) mass is 493 g/mol. The van der Waals surface area contributed by atoms with Crippen LogP contribution >= 0.6 is 11.6 Å². The fourth-order valence-electron chi connectivity index (χ4n) is 4.22. The highest BCUT2D eigenvalue weighted by Crippen LogP contribution is 2.27. The number of nitrogens with zero attached hydrogens (tertiary/aromatic N) is 1. The molecule has 2 aliphatic heterocycles. The van der Waals surface area contributed by atoms with E-state index in [0.29, 0.717) is 26.0 Å². The number of benzene rings is 1. The molecule has 0 aromatic heterocycles. The molecule has 34 heavy (non-hydrogen) atoms. The lowest BCUT2D eigenvalue weighted by Crippen LogP contribution is -2.58. The van der Waals surface area contributed by atoms with Gasteiger partial charge in [-0.3, -0.25) is 19.2 Å². The largest absolute Gasteiger partial charge is 0.433 e. The topological polar surface area (TPSA) is 114 Å². The van der Waals surface area contributed by atoms with Crippen LogP contribution in [0.25, 0.3) is 0 Å². The van der Waals surface area contributed by atoms with Crippen LogP contribution in [-0.4, -0.2) is 66.2 Å². The van der Waals surface area contributed by atoms with E-state index in [2.05, 4.69) is 10.6 Å². The van der Waals surface area contributed by atoms with Gasteiger partial charge in [-0.15, -0.1) is 0 Å². The van der Waals surface area contributed by atoms with Gasteiger partial charge in [0.1, 0.15) is 18.1 Å². The van der Waals surface area contributed by atoms with Crippen molar-refractivity contribution in [2.24, 2.45) is 5.41 Å². The first-order valence-corrected chi connectivity index (χ1v) is 11.9. The predicted molar refractivity (Wildman–Crippen MR) is 125 cm³/mol. The van der Waals surface area contributed by atoms with Crippen LogP contribution in [0.4, 0.5) is 0 Å². The summed E-state index contributed by atoms with van der Waals surface area (Å²) in [6.07, 6.45) is 0.293. The molecule has 4 atom stereocenters. The van der Waals surface area contributed by atoms with E-state index in [1.807, 2.05) is 20.8 Å². The predicted octanol–water partition coefficient (Wildman–Crippen LogP) is 2.27. The maximum absolute atomic E-state index is 13.6. The molecule has 0 bridgehead atoms. The number of carbonyl (C=O) groups excluding carboxylic acids is 4. The second-order valence-corrected chi connectivity index (χ2v) is 9.98. The maximum Gasteiger partial charge on any atom is 0.310 e. The van der Waals surface area contributed by atoms with Crippen molar-refractivity contribution in [3.63, 3.8) is 0 Å². The molecule has 0 radical (unpaired) electrons. The lowest BCUT2D eigenvalue weighted by atomic mass is 9.85. The maximum atomic E-state index is 13.6. The summed E-state index contributed by atoms with van der Waals surface area (Å²) in [5.74, 6) is -1.62. The molecule has 186 valence electrons. The first kappa shape index (κ1) is 26.0. The molecule has 0 saturated carbocycles. The van der Waals surface area contributed by atoms with Gasteiger partial charge in [-0.25, -0.2) is 0 Å². The average Bonchev–Trinajstić information content (AvgIpc) is 3.38. The number of amides is 3. The Morgan fingerprint density at radius 3 is 2.62 bits per heavy atom. The van der Waals surface area contributed by atoms with Gasteiger partial charge in [0.2, 0.25) is 18.1 Å². The molecular formula is C24H32ClN3O6. The highest BCUT2D eigenvalue weighted by Gasteiger charge is 2.44. The van der Waals surface area contributed by atoms with Gasteiger partial charge in [-0.2, -0.15) is 0 Å². The summed E-state index contributed by atoms with van der Waals surface area (Å²) in [6, 6.07) is 4.41. The highest BCUT2D eigenvalue weighted by molar-refractivity contribution is 6.33. The number of rotatable bonds is 7. The van der Waals surface area contributed by atoms with E-state index in [-0.39, 0.29) is 28.8 Å². The molecule has 1 aromatic carbocycles. The molecule has 0 unspecified atom stereocenters. The Bertz CT molecular complexity index is 947. The molecule has 3 amide bonds. The van der Waals surface area contributed by atoms with E-state index in [9.17, 15) is 19.2 Å². The van der Waals surface area contributed by atoms with E-state index in [0.717, 1.165) is 0 Å². The van der Waals surface area contributed by atoms with Gasteiger partial charge in [-0.05, 0) is 37.3 Å². The summed E-state index contributed by atoms with van der Waals surface area (Å²) < 4.78 is 10.5. The van der Waals surface area contributed by atoms with Gasteiger partial charge < -0.3 is 25.0 Å². The van der Waals surface area contributed by atoms with Gasteiger partial charge in [0.15, 0.2) is 0 Å². The van der Waals surface area contributed by atoms with Crippen molar-refractivity contribution in [2.45, 2.75) is 71.4 Å². The van der Waals surface area contributed by atoms with Crippen molar-refractivity contribution in [3.05, 3.63) is 34.9 Å². The Hall–Kier alpha value is -2.65. The van der Waals surface area contributed by atoms with E-state index >= 15 is 0 Å². The third-order valence-electron chi connectivity index (χ3n) is 5.97. The number of esters is 1. The summed E-state index contributed by atoms with van der Waals surface area (Å²) in [4.78, 5) is 52.8. The van der Waals surface area contributed by atoms with Crippen molar-refractivity contribution in [1.82, 2.24) is 15.5 Å². The molecule has 9 nitrogen and oxygen atoms in total. The van der Waals surface area contributed by atoms with E-state index in [4.69, 9.17) is 21.1 Å². The minimum absolute atomic E-state index is 0.00951. The number of nitrogens with one attached hydrogen (secondary N) is 2. The molecule has 0 aliphatic carbocycles. The number of carbonyl (C=O) groups is 4. The number of halogens is 1. The van der Waals surface area contributed by atoms with Crippen LogP contribution in [0.2, 0.25) is 5.02 Å². The second kappa shape index (κ2) is 10.7. The molecule has 2 heterocycles. The third kappa shape index (κ3) is 5.88. The summed E-state index contributed by atoms with van der Waals surface area (Å²) >= 11 is 6.16. The Morgan fingerprint density at radius 2 is 1.97 bits per heavy atom. The van der Waals surface area contributed by atoms with Gasteiger partial charge in [0.25, 0.3) is 5.91 Å². The van der Waals surface area contributed by atoms with Crippen molar-refractivity contribution in [1.29, 1.82) is 0 Å². The van der Waals surface area contributed by atoms with Crippen LogP contribution in [-0.2, 0) is 23.9 Å². The van der Waals surface area contributed by atoms with Crippen LogP contribution in [0.5, 0.6) is 0 Å². The van der Waals surface area contributed by atoms with Crippen LogP contribution in [0.1, 0.15) is 57.3 Å². The average molecular weight is 494 g/mol. The first-order chi connectivity index (χ1) is 16.0. The van der Waals surface area contributed by atoms with E-state index < -0.39 is 41.7 Å². The minimum atomic E-state index is -0.878. The Balaban J connectivity index is 1.74. The Kier molecular flexibility index (Phi) is 8.20. The number of likely N-dealkylation sites (tertiary alicyclic amines) is 1. The molecule has 1 aromatic rings. The van der Waals surface area contributed by atoms with Gasteiger partial charge in [-0.1, -0.05) is 44.5 Å². The molecular weight excluding hydrogens is 462 g/mol. The molecule has 2 fully saturated rings. The smallest absolute Gasteiger partial charge is 0.310 e. The summed E-state index contributed by atoms with van der Waals surface area (Å²) in [5, 5.41) is 5.92. The van der Waals surface area contributed by atoms with E-state index in [1.165, 1.54) is 4.90 Å². The molecule has 0 spiro atoms. The summed E-state index contributed by atoms with van der Waals surface area (Å²) in [6.45, 7) is 8.04. The zero-order valence-corrected chi connectivity index (χ0v) is 20.7. The fraction of sp³-hybridized carbons (Fsp3) is 0.583. The zero-order valence-electron chi connectivity index (χ0n) is 19.9. The lowest BCUT2D eigenvalue weighted by molar-refractivity contribution is -0.164. The highest BCUT2D eigenvalue weighted by atomic mass is 35.5. The number of cyclic esters (lactones) is 1. The van der Waals surface area contributed by atoms with Gasteiger partial charge in [0, 0.05) is 13.2 Å². The second-order valence-electron chi connectivity index (χ2n) is 9.57. The fourth-order valence-corrected chi connectivity index (χ4v) is 4.44. The number of ether oxygens (including phenoxy) is 2. The zero-order chi connectivity index (χ0) is 25.0. The number of hydrogen-bond donors (Lipinski definition) is 2. The van der Waals surface area contributed by atoms with Crippen molar-refractivity contribution in [2.75, 3.05) is 13.2 Å². The molecule has 2 N–H and O–H groups in total. The van der Waals surface area contributed by atoms with Gasteiger partial charge >= 0.3 is 5.97 Å². The number of hydrogen-bond acceptors (Lipinski definition) is 6. The third-order valence-corrected chi connectivity index (χ3v) is 6.30. The van der Waals surface area contributed by atoms with Crippen LogP contribution in [0.3, 0.4) is 0 Å². The van der Waals surface area contributed by atoms with E-state index in [1.54, 1.807) is 31.2 Å². The first-order valence-electron chi connectivity index (χ1n) is 11.5. The van der Waals surface area contributed by atoms with Crippen molar-refractivity contribution >= 4 is 35.3 Å². The molecule has 2 saturated heterocycles. The van der Waals surface area contributed by atoms with Crippen LogP contribution in [0, 0.1) is 5.41 Å². The molecule has 10 heteroatoms. The van der Waals surface area contributed by atoms with Gasteiger partial charge in [0.05, 0.1) is 17.0 Å². The molecule has 3 rings (SSSR count). The summed E-state index contributed by atoms with van der Waals surface area (Å²) in [5.41, 5.74) is -0.349. The Morgan fingerprint density at radius 1 is 1.26 bits per heavy atom. The van der Waals surface area contributed by atoms with Crippen LogP contribution < -0.4 is 10.6 Å². The van der Waals surface area contributed by atoms with Crippen molar-refractivity contribution in [3.8, 4) is 0 Å². The SMILES string of the molecule is CCO[C@@H]1OC(=O)C[C@@H]1NC(=O)[C@@H]1CCCN1C(=O)[C@@H](NC(=O)c1ccccc1Cl)C(C)(C)C. The van der Waals surface area contributed by atoms with Crippen molar-refractivity contribution < 1.29 is 28.7 Å². The standard InChI is InChI=1S/C24H32ClN3O6/c1-5-33-23-16(13-18(29)34-23)26-21(31)17-11-8-12-28(17)22(32)19(24(2,3)4)27-20(30)14-9-6-7-10-15(14)25/h6-7,9-10,16-17,19,23H,5,8,11-13H2,1-4H3,(H,26,31)(H,27,30)/t16-,17-,19+,23+/m0/s1. The lowest BCUT2D eigenvalue weighted by Gasteiger charge is -2.35. The summed E-state index contributed by atoms with van der Waals surface area (Å²) in [7, 11) is 0. The minimum Gasteiger partial charge on any atom is -0.433 e. The molecule has 2 aliphatic rings. The van der Waals surface area contributed by atoms with Crippen LogP contribution in [0.15, 0.2) is 24.3 Å². The quantitative estimate of drug-likeness (QED) is 0.563. The Labute approximate surface area is 204 Å².